The molecule has 0 saturated carbocycles. The Bertz CT molecular complexity index is 801. The van der Waals surface area contributed by atoms with E-state index in [9.17, 15) is 4.39 Å². The van der Waals surface area contributed by atoms with E-state index in [0.717, 1.165) is 5.69 Å². The largest absolute Gasteiger partial charge is 0.449 e. The predicted octanol–water partition coefficient (Wildman–Crippen LogP) is 2.50. The van der Waals surface area contributed by atoms with Gasteiger partial charge in [0, 0.05) is 19.1 Å². The molecular weight excluding hydrogens is 317 g/mol. The second kappa shape index (κ2) is 6.93. The Morgan fingerprint density at radius 3 is 2.83 bits per heavy atom. The van der Waals surface area contributed by atoms with Gasteiger partial charge in [0.15, 0.2) is 11.0 Å². The summed E-state index contributed by atoms with van der Waals surface area (Å²) in [5.41, 5.74) is 6.84. The lowest BCUT2D eigenvalue weighted by atomic mass is 10.3. The number of nitrogens with zero attached hydrogens (tertiary/aromatic N) is 4. The monoisotopic (exact) mass is 333 g/mol. The number of aromatic nitrogens is 4. The van der Waals surface area contributed by atoms with Crippen molar-refractivity contribution >= 4 is 11.8 Å². The first-order valence-corrected chi connectivity index (χ1v) is 8.10. The highest BCUT2D eigenvalue weighted by molar-refractivity contribution is 7.98. The van der Waals surface area contributed by atoms with Crippen molar-refractivity contribution in [2.45, 2.75) is 24.3 Å². The fraction of sp³-hybridized carbons (Fsp3) is 0.267. The standard InChI is InChI=1S/C15H16FN5OS/c1-10-18-11(8-22-10)9-23-15-20-19-14(6-7-17)21(15)13-5-3-2-4-12(13)16/h2-5,8H,6-7,9,17H2,1H3. The maximum atomic E-state index is 14.2. The second-order valence-corrected chi connectivity index (χ2v) is 5.81. The summed E-state index contributed by atoms with van der Waals surface area (Å²) in [5, 5.41) is 8.91. The van der Waals surface area contributed by atoms with E-state index in [1.54, 1.807) is 36.0 Å². The van der Waals surface area contributed by atoms with Gasteiger partial charge >= 0.3 is 0 Å². The summed E-state index contributed by atoms with van der Waals surface area (Å²) < 4.78 is 21.1. The molecule has 0 aliphatic carbocycles. The molecule has 2 N–H and O–H groups in total. The molecule has 0 aliphatic rings. The van der Waals surface area contributed by atoms with Crippen LogP contribution in [0.3, 0.4) is 0 Å². The lowest BCUT2D eigenvalue weighted by molar-refractivity contribution is 0.521. The van der Waals surface area contributed by atoms with Gasteiger partial charge in [-0.3, -0.25) is 4.57 Å². The third kappa shape index (κ3) is 3.43. The third-order valence-corrected chi connectivity index (χ3v) is 4.14. The Morgan fingerprint density at radius 2 is 2.13 bits per heavy atom. The summed E-state index contributed by atoms with van der Waals surface area (Å²) in [6.45, 7) is 2.20. The van der Waals surface area contributed by atoms with Crippen LogP contribution in [0.5, 0.6) is 0 Å². The summed E-state index contributed by atoms with van der Waals surface area (Å²) in [4.78, 5) is 4.25. The maximum absolute atomic E-state index is 14.2. The van der Waals surface area contributed by atoms with E-state index in [1.165, 1.54) is 17.8 Å². The summed E-state index contributed by atoms with van der Waals surface area (Å²) in [6.07, 6.45) is 2.12. The lowest BCUT2D eigenvalue weighted by Gasteiger charge is -2.10. The first kappa shape index (κ1) is 15.7. The number of oxazole rings is 1. The van der Waals surface area contributed by atoms with Crippen molar-refractivity contribution in [3.05, 3.63) is 53.8 Å². The third-order valence-electron chi connectivity index (χ3n) is 3.18. The van der Waals surface area contributed by atoms with E-state index in [0.29, 0.717) is 41.3 Å². The quantitative estimate of drug-likeness (QED) is 0.698. The zero-order chi connectivity index (χ0) is 16.2. The van der Waals surface area contributed by atoms with Crippen molar-refractivity contribution in [1.82, 2.24) is 19.7 Å². The van der Waals surface area contributed by atoms with Crippen LogP contribution >= 0.6 is 11.8 Å². The Hall–Kier alpha value is -2.19. The van der Waals surface area contributed by atoms with E-state index in [4.69, 9.17) is 10.2 Å². The number of halogens is 1. The summed E-state index contributed by atoms with van der Waals surface area (Å²) in [5.74, 6) is 1.48. The van der Waals surface area contributed by atoms with E-state index >= 15 is 0 Å². The highest BCUT2D eigenvalue weighted by Crippen LogP contribution is 2.26. The van der Waals surface area contributed by atoms with E-state index in [-0.39, 0.29) is 5.82 Å². The van der Waals surface area contributed by atoms with E-state index in [1.807, 2.05) is 0 Å². The number of thioether (sulfide) groups is 1. The van der Waals surface area contributed by atoms with Crippen LogP contribution in [0.4, 0.5) is 4.39 Å². The summed E-state index contributed by atoms with van der Waals surface area (Å²) in [7, 11) is 0. The van der Waals surface area contributed by atoms with Gasteiger partial charge in [0.1, 0.15) is 17.9 Å². The number of benzene rings is 1. The molecule has 0 radical (unpaired) electrons. The smallest absolute Gasteiger partial charge is 0.196 e. The number of para-hydroxylation sites is 1. The van der Waals surface area contributed by atoms with Crippen LogP contribution in [-0.4, -0.2) is 26.3 Å². The zero-order valence-corrected chi connectivity index (χ0v) is 13.4. The predicted molar refractivity (Wildman–Crippen MR) is 84.9 cm³/mol. The molecule has 2 heterocycles. The molecule has 0 amide bonds. The fourth-order valence-corrected chi connectivity index (χ4v) is 3.01. The van der Waals surface area contributed by atoms with Crippen LogP contribution < -0.4 is 5.73 Å². The topological polar surface area (TPSA) is 82.8 Å². The van der Waals surface area contributed by atoms with Gasteiger partial charge in [-0.1, -0.05) is 23.9 Å². The highest BCUT2D eigenvalue weighted by Gasteiger charge is 2.17. The zero-order valence-electron chi connectivity index (χ0n) is 12.6. The van der Waals surface area contributed by atoms with Crippen LogP contribution in [0.1, 0.15) is 17.4 Å². The van der Waals surface area contributed by atoms with Gasteiger partial charge in [0.25, 0.3) is 0 Å². The second-order valence-electron chi connectivity index (χ2n) is 4.87. The van der Waals surface area contributed by atoms with Gasteiger partial charge in [-0.2, -0.15) is 0 Å². The fourth-order valence-electron chi connectivity index (χ4n) is 2.17. The minimum Gasteiger partial charge on any atom is -0.449 e. The molecule has 2 aromatic heterocycles. The molecule has 3 rings (SSSR count). The normalized spacial score (nSPS) is 11.1. The first-order valence-electron chi connectivity index (χ1n) is 7.12. The minimum absolute atomic E-state index is 0.329. The number of hydrogen-bond acceptors (Lipinski definition) is 6. The molecule has 0 unspecified atom stereocenters. The molecular formula is C15H16FN5OS. The average Bonchev–Trinajstić information content (AvgIpc) is 3.13. The molecule has 0 saturated heterocycles. The van der Waals surface area contributed by atoms with Crippen molar-refractivity contribution in [3.63, 3.8) is 0 Å². The van der Waals surface area contributed by atoms with Gasteiger partial charge in [-0.05, 0) is 18.7 Å². The molecule has 3 aromatic rings. The average molecular weight is 333 g/mol. The Morgan fingerprint density at radius 1 is 1.30 bits per heavy atom. The molecule has 120 valence electrons. The van der Waals surface area contributed by atoms with Crippen LogP contribution in [0.15, 0.2) is 40.1 Å². The van der Waals surface area contributed by atoms with Gasteiger partial charge in [0.05, 0.1) is 11.4 Å². The van der Waals surface area contributed by atoms with Crippen molar-refractivity contribution in [2.75, 3.05) is 6.54 Å². The van der Waals surface area contributed by atoms with E-state index < -0.39 is 0 Å². The molecule has 6 nitrogen and oxygen atoms in total. The maximum Gasteiger partial charge on any atom is 0.196 e. The van der Waals surface area contributed by atoms with Crippen molar-refractivity contribution in [2.24, 2.45) is 5.73 Å². The first-order chi connectivity index (χ1) is 11.2. The molecule has 0 atom stereocenters. The Balaban J connectivity index is 1.92. The number of hydrogen-bond donors (Lipinski definition) is 1. The number of nitrogens with two attached hydrogens (primary N) is 1. The van der Waals surface area contributed by atoms with Crippen molar-refractivity contribution in [3.8, 4) is 5.69 Å². The van der Waals surface area contributed by atoms with Gasteiger partial charge in [-0.15, -0.1) is 10.2 Å². The minimum atomic E-state index is -0.329. The van der Waals surface area contributed by atoms with Gasteiger partial charge in [0.2, 0.25) is 0 Å². The highest BCUT2D eigenvalue weighted by atomic mass is 32.2. The molecule has 0 aliphatic heterocycles. The Kier molecular flexibility index (Phi) is 4.73. The van der Waals surface area contributed by atoms with Crippen LogP contribution in [-0.2, 0) is 12.2 Å². The van der Waals surface area contributed by atoms with Gasteiger partial charge in [-0.25, -0.2) is 9.37 Å². The number of rotatable bonds is 6. The Labute approximate surface area is 136 Å². The van der Waals surface area contributed by atoms with Crippen LogP contribution in [0.2, 0.25) is 0 Å². The van der Waals surface area contributed by atoms with Crippen molar-refractivity contribution in [1.29, 1.82) is 0 Å². The molecule has 8 heteroatoms. The van der Waals surface area contributed by atoms with Crippen LogP contribution in [0.25, 0.3) is 5.69 Å². The molecule has 1 aromatic carbocycles. The molecule has 0 bridgehead atoms. The van der Waals surface area contributed by atoms with Gasteiger partial charge < -0.3 is 10.2 Å². The van der Waals surface area contributed by atoms with E-state index in [2.05, 4.69) is 15.2 Å². The van der Waals surface area contributed by atoms with Crippen LogP contribution in [0, 0.1) is 12.7 Å². The molecule has 0 fully saturated rings. The summed E-state index contributed by atoms with van der Waals surface area (Å²) in [6, 6.07) is 6.54. The summed E-state index contributed by atoms with van der Waals surface area (Å²) >= 11 is 1.42. The van der Waals surface area contributed by atoms with Crippen molar-refractivity contribution < 1.29 is 8.81 Å². The SMILES string of the molecule is Cc1nc(CSc2nnc(CCN)n2-c2ccccc2F)co1. The number of aryl methyl sites for hydroxylation is 1. The molecule has 23 heavy (non-hydrogen) atoms. The molecule has 0 spiro atoms. The lowest BCUT2D eigenvalue weighted by Crippen LogP contribution is -2.10.